The highest BCUT2D eigenvalue weighted by Gasteiger charge is 1.79. The summed E-state index contributed by atoms with van der Waals surface area (Å²) in [6.07, 6.45) is 2.12. The Kier molecular flexibility index (Phi) is 3.28. The Labute approximate surface area is 68.3 Å². The van der Waals surface area contributed by atoms with E-state index in [-0.39, 0.29) is 0 Å². The number of benzene rings is 1. The second-order valence-electron chi connectivity index (χ2n) is 2.34. The van der Waals surface area contributed by atoms with Crippen LogP contribution in [0.15, 0.2) is 24.3 Å². The topological polar surface area (TPSA) is 0 Å². The van der Waals surface area contributed by atoms with Crippen molar-refractivity contribution in [3.63, 3.8) is 0 Å². The van der Waals surface area contributed by atoms with Gasteiger partial charge in [-0.05, 0) is 24.6 Å². The van der Waals surface area contributed by atoms with Crippen molar-refractivity contribution in [2.45, 2.75) is 19.8 Å². The summed E-state index contributed by atoms with van der Waals surface area (Å²) in [4.78, 5) is 0. The van der Waals surface area contributed by atoms with E-state index in [0.717, 1.165) is 18.4 Å². The van der Waals surface area contributed by atoms with Crippen LogP contribution in [0.1, 0.15) is 25.3 Å². The van der Waals surface area contributed by atoms with Crippen LogP contribution in [0.5, 0.6) is 0 Å². The maximum atomic E-state index is 3.09. The van der Waals surface area contributed by atoms with E-state index in [0.29, 0.717) is 0 Å². The molecular weight excluding hydrogens is 132 g/mol. The van der Waals surface area contributed by atoms with E-state index in [1.165, 1.54) is 0 Å². The summed E-state index contributed by atoms with van der Waals surface area (Å²) in [5, 5.41) is 0. The fraction of sp³-hybridized carbons (Fsp3) is 0.273. The van der Waals surface area contributed by atoms with Crippen molar-refractivity contribution >= 4 is 0 Å². The highest BCUT2D eigenvalue weighted by atomic mass is 13.8. The van der Waals surface area contributed by atoms with Gasteiger partial charge in [-0.1, -0.05) is 30.9 Å². The monoisotopic (exact) mass is 143 g/mol. The summed E-state index contributed by atoms with van der Waals surface area (Å²) in [5.41, 5.74) is 1.08. The van der Waals surface area contributed by atoms with Crippen LogP contribution in [0.25, 0.3) is 0 Å². The summed E-state index contributed by atoms with van der Waals surface area (Å²) in [5.74, 6) is 6.16. The van der Waals surface area contributed by atoms with Crippen LogP contribution in [0.2, 0.25) is 0 Å². The van der Waals surface area contributed by atoms with Crippen LogP contribution in [-0.2, 0) is 0 Å². The molecule has 11 heavy (non-hydrogen) atoms. The Hall–Kier alpha value is -1.22. The van der Waals surface area contributed by atoms with Gasteiger partial charge < -0.3 is 0 Å². The quantitative estimate of drug-likeness (QED) is 0.530. The highest BCUT2D eigenvalue weighted by Crippen LogP contribution is 1.94. The SMILES string of the molecule is CCCC#Cc1cc[c]cc1. The maximum Gasteiger partial charge on any atom is 0.0245 e. The summed E-state index contributed by atoms with van der Waals surface area (Å²) in [7, 11) is 0. The van der Waals surface area contributed by atoms with Crippen molar-refractivity contribution in [1.82, 2.24) is 0 Å². The first-order valence-electron chi connectivity index (χ1n) is 3.88. The number of hydrogen-bond acceptors (Lipinski definition) is 0. The Bertz CT molecular complexity index is 248. The molecule has 0 saturated heterocycles. The zero-order chi connectivity index (χ0) is 7.94. The summed E-state index contributed by atoms with van der Waals surface area (Å²) in [6.45, 7) is 2.13. The van der Waals surface area contributed by atoms with E-state index in [2.05, 4.69) is 24.8 Å². The lowest BCUT2D eigenvalue weighted by Gasteiger charge is -1.85. The van der Waals surface area contributed by atoms with Crippen molar-refractivity contribution in [2.24, 2.45) is 0 Å². The fourth-order valence-corrected chi connectivity index (χ4v) is 0.760. The van der Waals surface area contributed by atoms with Gasteiger partial charge in [0, 0.05) is 12.0 Å². The van der Waals surface area contributed by atoms with Crippen LogP contribution in [0.4, 0.5) is 0 Å². The van der Waals surface area contributed by atoms with Crippen LogP contribution < -0.4 is 0 Å². The first kappa shape index (κ1) is 7.88. The largest absolute Gasteiger partial charge is 0.0979 e. The molecule has 0 aromatic heterocycles. The minimum atomic E-state index is 0.985. The molecule has 0 spiro atoms. The lowest BCUT2D eigenvalue weighted by molar-refractivity contribution is 0.983. The Balaban J connectivity index is 2.59. The third-order valence-corrected chi connectivity index (χ3v) is 1.33. The molecule has 0 nitrogen and oxygen atoms in total. The lowest BCUT2D eigenvalue weighted by Crippen LogP contribution is -1.70. The van der Waals surface area contributed by atoms with Crippen molar-refractivity contribution in [3.8, 4) is 11.8 Å². The average molecular weight is 143 g/mol. The molecular formula is C11H11. The lowest BCUT2D eigenvalue weighted by atomic mass is 10.2. The first-order chi connectivity index (χ1) is 5.43. The van der Waals surface area contributed by atoms with E-state index in [4.69, 9.17) is 0 Å². The van der Waals surface area contributed by atoms with Gasteiger partial charge in [0.05, 0.1) is 0 Å². The molecule has 0 unspecified atom stereocenters. The Morgan fingerprint density at radius 2 is 2.09 bits per heavy atom. The molecule has 0 heterocycles. The molecule has 0 bridgehead atoms. The molecule has 0 aliphatic heterocycles. The molecule has 0 aliphatic carbocycles. The van der Waals surface area contributed by atoms with Gasteiger partial charge in [0.25, 0.3) is 0 Å². The normalized spacial score (nSPS) is 8.45. The third-order valence-electron chi connectivity index (χ3n) is 1.33. The van der Waals surface area contributed by atoms with E-state index < -0.39 is 0 Å². The molecule has 0 N–H and O–H groups in total. The second kappa shape index (κ2) is 4.57. The molecule has 1 rings (SSSR count). The zero-order valence-electron chi connectivity index (χ0n) is 6.72. The van der Waals surface area contributed by atoms with Gasteiger partial charge in [-0.25, -0.2) is 0 Å². The molecule has 1 aromatic rings. The van der Waals surface area contributed by atoms with Crippen LogP contribution in [0.3, 0.4) is 0 Å². The van der Waals surface area contributed by atoms with Crippen molar-refractivity contribution in [2.75, 3.05) is 0 Å². The minimum absolute atomic E-state index is 0.985. The van der Waals surface area contributed by atoms with Crippen LogP contribution >= 0.6 is 0 Å². The van der Waals surface area contributed by atoms with Gasteiger partial charge in [-0.3, -0.25) is 0 Å². The van der Waals surface area contributed by atoms with E-state index in [1.54, 1.807) is 0 Å². The molecule has 0 atom stereocenters. The van der Waals surface area contributed by atoms with E-state index >= 15 is 0 Å². The molecule has 0 fully saturated rings. The number of unbranched alkanes of at least 4 members (excludes halogenated alkanes) is 1. The Morgan fingerprint density at radius 1 is 1.36 bits per heavy atom. The van der Waals surface area contributed by atoms with Gasteiger partial charge in [-0.2, -0.15) is 0 Å². The van der Waals surface area contributed by atoms with Crippen molar-refractivity contribution < 1.29 is 0 Å². The van der Waals surface area contributed by atoms with Gasteiger partial charge in [0.1, 0.15) is 0 Å². The first-order valence-corrected chi connectivity index (χ1v) is 3.88. The van der Waals surface area contributed by atoms with E-state index in [1.807, 2.05) is 24.3 Å². The predicted octanol–water partition coefficient (Wildman–Crippen LogP) is 2.64. The average Bonchev–Trinajstić information content (AvgIpc) is 2.07. The summed E-state index contributed by atoms with van der Waals surface area (Å²) in [6, 6.07) is 10.7. The molecule has 0 saturated carbocycles. The predicted molar refractivity (Wildman–Crippen MR) is 47.1 cm³/mol. The van der Waals surface area contributed by atoms with Crippen LogP contribution in [-0.4, -0.2) is 0 Å². The smallest absolute Gasteiger partial charge is 0.0245 e. The zero-order valence-corrected chi connectivity index (χ0v) is 6.72. The van der Waals surface area contributed by atoms with Gasteiger partial charge in [0.15, 0.2) is 0 Å². The van der Waals surface area contributed by atoms with Crippen molar-refractivity contribution in [3.05, 3.63) is 35.9 Å². The molecule has 1 aromatic carbocycles. The highest BCUT2D eigenvalue weighted by molar-refractivity contribution is 5.33. The summed E-state index contributed by atoms with van der Waals surface area (Å²) >= 11 is 0. The van der Waals surface area contributed by atoms with Gasteiger partial charge in [0.2, 0.25) is 0 Å². The van der Waals surface area contributed by atoms with Gasteiger partial charge >= 0.3 is 0 Å². The van der Waals surface area contributed by atoms with E-state index in [9.17, 15) is 0 Å². The molecule has 0 amide bonds. The van der Waals surface area contributed by atoms with Gasteiger partial charge in [-0.15, -0.1) is 0 Å². The maximum absolute atomic E-state index is 3.09. The van der Waals surface area contributed by atoms with Crippen molar-refractivity contribution in [1.29, 1.82) is 0 Å². The minimum Gasteiger partial charge on any atom is -0.0979 e. The third kappa shape index (κ3) is 2.91. The molecule has 0 heteroatoms. The summed E-state index contributed by atoms with van der Waals surface area (Å²) < 4.78 is 0. The fourth-order valence-electron chi connectivity index (χ4n) is 0.760. The molecule has 0 aliphatic rings. The second-order valence-corrected chi connectivity index (χ2v) is 2.34. The molecule has 1 radical (unpaired) electrons. The number of hydrogen-bond donors (Lipinski definition) is 0. The Morgan fingerprint density at radius 3 is 2.73 bits per heavy atom. The standard InChI is InChI=1S/C11H11/c1-2-3-5-8-11-9-6-4-7-10-11/h6-7,9-10H,2-3H2,1H3. The van der Waals surface area contributed by atoms with Crippen LogP contribution in [0, 0.1) is 17.9 Å². The number of rotatable bonds is 1. The molecule has 55 valence electrons.